The van der Waals surface area contributed by atoms with Crippen molar-refractivity contribution in [2.75, 3.05) is 36.4 Å². The van der Waals surface area contributed by atoms with Crippen LogP contribution >= 0.6 is 0 Å². The maximum Gasteiger partial charge on any atom is 0.282 e. The van der Waals surface area contributed by atoms with E-state index in [0.29, 0.717) is 13.1 Å². The Morgan fingerprint density at radius 1 is 1.35 bits per heavy atom. The second kappa shape index (κ2) is 5.51. The normalized spacial score (nSPS) is 25.9. The molecule has 0 aromatic heterocycles. The van der Waals surface area contributed by atoms with Gasteiger partial charge in [0.15, 0.2) is 0 Å². The third-order valence-corrected chi connectivity index (χ3v) is 4.46. The molecule has 0 spiro atoms. The first kappa shape index (κ1) is 15.8. The van der Waals surface area contributed by atoms with E-state index in [-0.39, 0.29) is 24.5 Å². The van der Waals surface area contributed by atoms with Crippen molar-refractivity contribution < 1.29 is 13.6 Å². The van der Waals surface area contributed by atoms with Crippen LogP contribution in [0.3, 0.4) is 0 Å². The quantitative estimate of drug-likeness (QED) is 0.866. The molecule has 4 nitrogen and oxygen atoms in total. The predicted molar refractivity (Wildman–Crippen MR) is 87.0 cm³/mol. The van der Waals surface area contributed by atoms with Crippen LogP contribution < -0.4 is 10.2 Å². The number of carbonyl (C=O) groups is 1. The van der Waals surface area contributed by atoms with E-state index in [1.54, 1.807) is 9.80 Å². The number of rotatable bonds is 4. The number of alkyl halides is 2. The minimum absolute atomic E-state index is 0.0629. The molecule has 1 aromatic carbocycles. The van der Waals surface area contributed by atoms with Crippen LogP contribution in [0.5, 0.6) is 0 Å². The van der Waals surface area contributed by atoms with Gasteiger partial charge >= 0.3 is 0 Å². The van der Waals surface area contributed by atoms with Crippen LogP contribution in [0.15, 0.2) is 36.9 Å². The zero-order valence-electron chi connectivity index (χ0n) is 13.2. The fraction of sp³-hybridized carbons (Fsp3) is 0.471. The molecular weight excluding hydrogens is 300 g/mol. The number of hydrogen-bond acceptors (Lipinski definition) is 3. The van der Waals surface area contributed by atoms with Crippen molar-refractivity contribution in [1.29, 1.82) is 0 Å². The highest BCUT2D eigenvalue weighted by Crippen LogP contribution is 2.34. The summed E-state index contributed by atoms with van der Waals surface area (Å²) in [7, 11) is 0. The maximum atomic E-state index is 13.0. The van der Waals surface area contributed by atoms with Gasteiger partial charge in [-0.3, -0.25) is 4.79 Å². The third kappa shape index (κ3) is 3.30. The SMILES string of the molecule is C=CC(=O)N1CCC(C)(Nc2cccc(N3CC(F)(F)C3)c2)C1. The van der Waals surface area contributed by atoms with E-state index in [4.69, 9.17) is 0 Å². The Labute approximate surface area is 134 Å². The molecule has 23 heavy (non-hydrogen) atoms. The molecule has 0 aliphatic carbocycles. The third-order valence-electron chi connectivity index (χ3n) is 4.46. The molecular formula is C17H21F2N3O. The van der Waals surface area contributed by atoms with E-state index >= 15 is 0 Å². The van der Waals surface area contributed by atoms with Crippen molar-refractivity contribution in [3.63, 3.8) is 0 Å². The van der Waals surface area contributed by atoms with E-state index in [1.165, 1.54) is 6.08 Å². The van der Waals surface area contributed by atoms with Gasteiger partial charge in [0.25, 0.3) is 5.92 Å². The first-order valence-corrected chi connectivity index (χ1v) is 7.73. The molecule has 124 valence electrons. The Morgan fingerprint density at radius 2 is 2.09 bits per heavy atom. The van der Waals surface area contributed by atoms with Gasteiger partial charge in [0.05, 0.1) is 18.6 Å². The summed E-state index contributed by atoms with van der Waals surface area (Å²) in [5.74, 6) is -2.64. The number of hydrogen-bond donors (Lipinski definition) is 1. The maximum absolute atomic E-state index is 13.0. The number of likely N-dealkylation sites (tertiary alicyclic amines) is 1. The van der Waals surface area contributed by atoms with Crippen molar-refractivity contribution in [2.24, 2.45) is 0 Å². The number of halogens is 2. The van der Waals surface area contributed by atoms with Crippen LogP contribution in [0.1, 0.15) is 13.3 Å². The predicted octanol–water partition coefficient (Wildman–Crippen LogP) is 2.73. The van der Waals surface area contributed by atoms with E-state index in [0.717, 1.165) is 17.8 Å². The number of benzene rings is 1. The largest absolute Gasteiger partial charge is 0.378 e. The number of amides is 1. The molecule has 0 radical (unpaired) electrons. The van der Waals surface area contributed by atoms with Crippen LogP contribution in [-0.2, 0) is 4.79 Å². The van der Waals surface area contributed by atoms with E-state index in [9.17, 15) is 13.6 Å². The van der Waals surface area contributed by atoms with Crippen molar-refractivity contribution in [3.05, 3.63) is 36.9 Å². The zero-order valence-corrected chi connectivity index (χ0v) is 13.2. The summed E-state index contributed by atoms with van der Waals surface area (Å²) in [6, 6.07) is 7.51. The standard InChI is InChI=1S/C17H21F2N3O/c1-3-15(23)21-8-7-16(2,10-21)20-13-5-4-6-14(9-13)22-11-17(18,19)12-22/h3-6,9,20H,1,7-8,10-12H2,2H3. The number of nitrogens with zero attached hydrogens (tertiary/aromatic N) is 2. The zero-order chi connectivity index (χ0) is 16.7. The molecule has 3 rings (SSSR count). The molecule has 2 fully saturated rings. The summed E-state index contributed by atoms with van der Waals surface area (Å²) < 4.78 is 26.0. The smallest absolute Gasteiger partial charge is 0.282 e. The number of anilines is 2. The van der Waals surface area contributed by atoms with Crippen LogP contribution in [0.25, 0.3) is 0 Å². The summed E-state index contributed by atoms with van der Waals surface area (Å²) >= 11 is 0. The van der Waals surface area contributed by atoms with Crippen molar-refractivity contribution in [2.45, 2.75) is 24.8 Å². The fourth-order valence-electron chi connectivity index (χ4n) is 3.20. The summed E-state index contributed by atoms with van der Waals surface area (Å²) in [5, 5.41) is 3.45. The summed E-state index contributed by atoms with van der Waals surface area (Å²) in [5.41, 5.74) is 1.45. The van der Waals surface area contributed by atoms with Crippen molar-refractivity contribution in [3.8, 4) is 0 Å². The highest BCUT2D eigenvalue weighted by atomic mass is 19.3. The van der Waals surface area contributed by atoms with E-state index in [1.807, 2.05) is 24.3 Å². The Bertz CT molecular complexity index is 626. The highest BCUT2D eigenvalue weighted by Gasteiger charge is 2.44. The Morgan fingerprint density at radius 3 is 2.74 bits per heavy atom. The Balaban J connectivity index is 1.67. The van der Waals surface area contributed by atoms with Gasteiger partial charge in [0, 0.05) is 24.5 Å². The van der Waals surface area contributed by atoms with E-state index < -0.39 is 5.92 Å². The summed E-state index contributed by atoms with van der Waals surface area (Å²) in [4.78, 5) is 15.1. The second-order valence-corrected chi connectivity index (χ2v) is 6.66. The molecule has 1 atom stereocenters. The molecule has 1 aromatic rings. The first-order chi connectivity index (χ1) is 10.8. The van der Waals surface area contributed by atoms with Crippen molar-refractivity contribution in [1.82, 2.24) is 4.90 Å². The topological polar surface area (TPSA) is 35.6 Å². The van der Waals surface area contributed by atoms with Gasteiger partial charge in [-0.2, -0.15) is 0 Å². The van der Waals surface area contributed by atoms with Gasteiger partial charge in [-0.15, -0.1) is 0 Å². The van der Waals surface area contributed by atoms with Gasteiger partial charge in [0.1, 0.15) is 0 Å². The van der Waals surface area contributed by atoms with Crippen LogP contribution in [0, 0.1) is 0 Å². The molecule has 2 aliphatic heterocycles. The first-order valence-electron chi connectivity index (χ1n) is 7.73. The van der Waals surface area contributed by atoms with Crippen LogP contribution in [-0.4, -0.2) is 48.4 Å². The molecule has 2 aliphatic rings. The second-order valence-electron chi connectivity index (χ2n) is 6.66. The molecule has 2 saturated heterocycles. The molecule has 0 bridgehead atoms. The minimum atomic E-state index is -2.58. The molecule has 6 heteroatoms. The summed E-state index contributed by atoms with van der Waals surface area (Å²) in [6.07, 6.45) is 2.16. The highest BCUT2D eigenvalue weighted by molar-refractivity contribution is 5.87. The summed E-state index contributed by atoms with van der Waals surface area (Å²) in [6.45, 7) is 6.41. The average molecular weight is 321 g/mol. The van der Waals surface area contributed by atoms with Gasteiger partial charge in [-0.05, 0) is 37.6 Å². The van der Waals surface area contributed by atoms with Gasteiger partial charge in [-0.25, -0.2) is 8.78 Å². The van der Waals surface area contributed by atoms with Crippen LogP contribution in [0.2, 0.25) is 0 Å². The van der Waals surface area contributed by atoms with Gasteiger partial charge in [0.2, 0.25) is 5.91 Å². The molecule has 0 saturated carbocycles. The lowest BCUT2D eigenvalue weighted by Gasteiger charge is -2.40. The molecule has 1 unspecified atom stereocenters. The van der Waals surface area contributed by atoms with E-state index in [2.05, 4.69) is 18.8 Å². The molecule has 1 amide bonds. The Kier molecular flexibility index (Phi) is 3.78. The molecule has 2 heterocycles. The molecule has 1 N–H and O–H groups in total. The fourth-order valence-corrected chi connectivity index (χ4v) is 3.20. The van der Waals surface area contributed by atoms with Gasteiger partial charge in [-0.1, -0.05) is 12.6 Å². The lowest BCUT2D eigenvalue weighted by atomic mass is 10.0. The van der Waals surface area contributed by atoms with Gasteiger partial charge < -0.3 is 15.1 Å². The monoisotopic (exact) mass is 321 g/mol. The Hall–Kier alpha value is -2.11. The number of carbonyl (C=O) groups excluding carboxylic acids is 1. The average Bonchev–Trinajstić information content (AvgIpc) is 2.86. The van der Waals surface area contributed by atoms with Crippen LogP contribution in [0.4, 0.5) is 20.2 Å². The lowest BCUT2D eigenvalue weighted by Crippen LogP contribution is -2.56. The number of nitrogens with one attached hydrogen (secondary N) is 1. The van der Waals surface area contributed by atoms with Crippen molar-refractivity contribution >= 4 is 17.3 Å². The lowest BCUT2D eigenvalue weighted by molar-refractivity contribution is -0.125. The minimum Gasteiger partial charge on any atom is -0.378 e.